The molecule has 0 amide bonds. The maximum Gasteiger partial charge on any atom is 0.148 e. The predicted octanol–water partition coefficient (Wildman–Crippen LogP) is 4.25. The van der Waals surface area contributed by atoms with Crippen molar-refractivity contribution >= 4 is 0 Å². The first-order valence-electron chi connectivity index (χ1n) is 7.04. The van der Waals surface area contributed by atoms with E-state index in [4.69, 9.17) is 4.74 Å². The van der Waals surface area contributed by atoms with E-state index in [0.717, 1.165) is 17.8 Å². The van der Waals surface area contributed by atoms with Gasteiger partial charge in [0.2, 0.25) is 0 Å². The Morgan fingerprint density at radius 2 is 1.95 bits per heavy atom. The Morgan fingerprint density at radius 3 is 2.57 bits per heavy atom. The van der Waals surface area contributed by atoms with Crippen LogP contribution >= 0.6 is 0 Å². The summed E-state index contributed by atoms with van der Waals surface area (Å²) in [4.78, 5) is 4.44. The van der Waals surface area contributed by atoms with Gasteiger partial charge in [-0.3, -0.25) is 4.98 Å². The first-order valence-corrected chi connectivity index (χ1v) is 7.04. The van der Waals surface area contributed by atoms with E-state index >= 15 is 0 Å². The van der Waals surface area contributed by atoms with Crippen molar-refractivity contribution in [3.05, 3.63) is 52.6 Å². The summed E-state index contributed by atoms with van der Waals surface area (Å²) in [5.74, 6) is 0.747. The van der Waals surface area contributed by atoms with Gasteiger partial charge in [0.15, 0.2) is 0 Å². The molecule has 0 saturated carbocycles. The fourth-order valence-electron chi connectivity index (χ4n) is 2.15. The lowest BCUT2D eigenvalue weighted by Crippen LogP contribution is -2.01. The number of aryl methyl sites for hydroxylation is 3. The minimum atomic E-state index is -0.807. The topological polar surface area (TPSA) is 42.4 Å². The van der Waals surface area contributed by atoms with Gasteiger partial charge in [0, 0.05) is 11.3 Å². The number of aromatic nitrogens is 1. The van der Waals surface area contributed by atoms with Crippen LogP contribution in [-0.4, -0.2) is 10.1 Å². The molecule has 0 aliphatic carbocycles. The minimum Gasteiger partial charge on any atom is -0.455 e. The monoisotopic (exact) mass is 289 g/mol. The second kappa shape index (κ2) is 6.22. The summed E-state index contributed by atoms with van der Waals surface area (Å²) < 4.78 is 19.6. The molecule has 0 fully saturated rings. The van der Waals surface area contributed by atoms with Crippen LogP contribution in [0.3, 0.4) is 0 Å². The smallest absolute Gasteiger partial charge is 0.148 e. The van der Waals surface area contributed by atoms with Gasteiger partial charge in [0.1, 0.15) is 17.3 Å². The van der Waals surface area contributed by atoms with Gasteiger partial charge < -0.3 is 9.84 Å². The fraction of sp³-hybridized carbons (Fsp3) is 0.353. The molecule has 0 radical (unpaired) electrons. The van der Waals surface area contributed by atoms with Crippen LogP contribution in [0.25, 0.3) is 0 Å². The lowest BCUT2D eigenvalue weighted by atomic mass is 10.1. The van der Waals surface area contributed by atoms with E-state index < -0.39 is 6.10 Å². The maximum atomic E-state index is 13.7. The van der Waals surface area contributed by atoms with E-state index in [0.29, 0.717) is 22.6 Å². The highest BCUT2D eigenvalue weighted by atomic mass is 19.1. The van der Waals surface area contributed by atoms with Gasteiger partial charge in [-0.05, 0) is 57.0 Å². The Bertz CT molecular complexity index is 653. The third kappa shape index (κ3) is 3.39. The summed E-state index contributed by atoms with van der Waals surface area (Å²) in [6.07, 6.45) is -0.0696. The lowest BCUT2D eigenvalue weighted by molar-refractivity contribution is 0.195. The van der Waals surface area contributed by atoms with E-state index in [9.17, 15) is 9.50 Å². The van der Waals surface area contributed by atoms with E-state index in [1.54, 1.807) is 19.9 Å². The number of rotatable bonds is 4. The molecule has 0 saturated heterocycles. The number of aliphatic hydroxyl groups excluding tert-OH is 1. The molecule has 1 unspecified atom stereocenters. The van der Waals surface area contributed by atoms with Gasteiger partial charge in [-0.25, -0.2) is 4.39 Å². The molecule has 4 heteroatoms. The van der Waals surface area contributed by atoms with Crippen molar-refractivity contribution in [2.45, 2.75) is 40.2 Å². The zero-order chi connectivity index (χ0) is 15.6. The lowest BCUT2D eigenvalue weighted by Gasteiger charge is -2.16. The number of aliphatic hydroxyl groups is 1. The number of benzene rings is 1. The Hall–Kier alpha value is -1.94. The van der Waals surface area contributed by atoms with Gasteiger partial charge >= 0.3 is 0 Å². The summed E-state index contributed by atoms with van der Waals surface area (Å²) in [6, 6.07) is 6.65. The molecule has 0 aliphatic heterocycles. The number of halogens is 1. The van der Waals surface area contributed by atoms with Crippen LogP contribution in [0.4, 0.5) is 4.39 Å². The molecule has 2 aromatic rings. The Balaban J connectivity index is 2.46. The maximum absolute atomic E-state index is 13.7. The van der Waals surface area contributed by atoms with Crippen LogP contribution in [0.5, 0.6) is 11.5 Å². The second-order valence-corrected chi connectivity index (χ2v) is 5.17. The van der Waals surface area contributed by atoms with Crippen LogP contribution in [0.15, 0.2) is 24.3 Å². The van der Waals surface area contributed by atoms with Crippen molar-refractivity contribution in [2.75, 3.05) is 0 Å². The Kier molecular flexibility index (Phi) is 4.58. The van der Waals surface area contributed by atoms with Crippen molar-refractivity contribution in [2.24, 2.45) is 0 Å². The molecule has 1 aromatic heterocycles. The molecule has 1 heterocycles. The van der Waals surface area contributed by atoms with Crippen molar-refractivity contribution in [3.63, 3.8) is 0 Å². The zero-order valence-electron chi connectivity index (χ0n) is 12.8. The van der Waals surface area contributed by atoms with Crippen molar-refractivity contribution in [1.82, 2.24) is 4.98 Å². The summed E-state index contributed by atoms with van der Waals surface area (Å²) in [7, 11) is 0. The van der Waals surface area contributed by atoms with Crippen molar-refractivity contribution < 1.29 is 14.2 Å². The molecule has 1 aromatic carbocycles. The van der Waals surface area contributed by atoms with E-state index in [2.05, 4.69) is 4.98 Å². The van der Waals surface area contributed by atoms with Gasteiger partial charge in [-0.2, -0.15) is 0 Å². The quantitative estimate of drug-likeness (QED) is 0.915. The highest BCUT2D eigenvalue weighted by molar-refractivity contribution is 5.43. The predicted molar refractivity (Wildman–Crippen MR) is 80.2 cm³/mol. The van der Waals surface area contributed by atoms with Gasteiger partial charge in [0.25, 0.3) is 0 Å². The normalized spacial score (nSPS) is 12.3. The van der Waals surface area contributed by atoms with Crippen LogP contribution in [-0.2, 0) is 6.42 Å². The number of pyridine rings is 1. The molecule has 0 spiro atoms. The van der Waals surface area contributed by atoms with Crippen molar-refractivity contribution in [1.29, 1.82) is 0 Å². The molecule has 1 N–H and O–H groups in total. The molecular formula is C17H20FNO2. The SMILES string of the molecule is CCc1nc(C)ccc1Oc1cc(C)c(F)cc1C(C)O. The molecular weight excluding hydrogens is 269 g/mol. The molecule has 0 bridgehead atoms. The molecule has 112 valence electrons. The van der Waals surface area contributed by atoms with Crippen LogP contribution in [0.2, 0.25) is 0 Å². The average Bonchev–Trinajstić information content (AvgIpc) is 2.44. The minimum absolute atomic E-state index is 0.351. The van der Waals surface area contributed by atoms with Crippen LogP contribution in [0.1, 0.15) is 42.5 Å². The third-order valence-electron chi connectivity index (χ3n) is 3.37. The largest absolute Gasteiger partial charge is 0.455 e. The highest BCUT2D eigenvalue weighted by Crippen LogP contribution is 2.33. The Labute approximate surface area is 124 Å². The van der Waals surface area contributed by atoms with Gasteiger partial charge in [-0.1, -0.05) is 6.92 Å². The standard InChI is InChI=1S/C17H20FNO2/c1-5-15-16(7-6-11(3)19-15)21-17-8-10(2)14(18)9-13(17)12(4)20/h6-9,12,20H,5H2,1-4H3. The number of nitrogens with zero attached hydrogens (tertiary/aromatic N) is 1. The van der Waals surface area contributed by atoms with Gasteiger partial charge in [-0.15, -0.1) is 0 Å². The first kappa shape index (κ1) is 15.4. The molecule has 3 nitrogen and oxygen atoms in total. The number of hydrogen-bond acceptors (Lipinski definition) is 3. The summed E-state index contributed by atoms with van der Waals surface area (Å²) in [5, 5.41) is 9.81. The van der Waals surface area contributed by atoms with Gasteiger partial charge in [0.05, 0.1) is 11.8 Å². The van der Waals surface area contributed by atoms with E-state index in [1.807, 2.05) is 26.0 Å². The molecule has 21 heavy (non-hydrogen) atoms. The van der Waals surface area contributed by atoms with Crippen LogP contribution < -0.4 is 4.74 Å². The van der Waals surface area contributed by atoms with Crippen molar-refractivity contribution in [3.8, 4) is 11.5 Å². The summed E-state index contributed by atoms with van der Waals surface area (Å²) in [5.41, 5.74) is 2.67. The zero-order valence-corrected chi connectivity index (χ0v) is 12.8. The summed E-state index contributed by atoms with van der Waals surface area (Å²) >= 11 is 0. The average molecular weight is 289 g/mol. The Morgan fingerprint density at radius 1 is 1.24 bits per heavy atom. The van der Waals surface area contributed by atoms with E-state index in [-0.39, 0.29) is 5.82 Å². The third-order valence-corrected chi connectivity index (χ3v) is 3.37. The fourth-order valence-corrected chi connectivity index (χ4v) is 2.15. The number of ether oxygens (including phenoxy) is 1. The van der Waals surface area contributed by atoms with Crippen LogP contribution in [0, 0.1) is 19.7 Å². The highest BCUT2D eigenvalue weighted by Gasteiger charge is 2.15. The molecule has 0 aliphatic rings. The first-order chi connectivity index (χ1) is 9.92. The second-order valence-electron chi connectivity index (χ2n) is 5.17. The summed E-state index contributed by atoms with van der Waals surface area (Å²) in [6.45, 7) is 7.18. The number of hydrogen-bond donors (Lipinski definition) is 1. The molecule has 1 atom stereocenters. The van der Waals surface area contributed by atoms with E-state index in [1.165, 1.54) is 6.07 Å². The molecule has 2 rings (SSSR count).